The number of carbonyl (C=O) groups excluding carboxylic acids is 1. The lowest BCUT2D eigenvalue weighted by molar-refractivity contribution is 0.0774. The molecule has 0 spiro atoms. The fourth-order valence-corrected chi connectivity index (χ4v) is 7.17. The number of fused-ring (bicyclic) bond motifs is 2. The van der Waals surface area contributed by atoms with Gasteiger partial charge in [0.15, 0.2) is 0 Å². The number of amides is 1. The number of carbonyl (C=O) groups is 1. The summed E-state index contributed by atoms with van der Waals surface area (Å²) >= 11 is 12.7. The molecule has 1 amide bonds. The number of rotatable bonds is 8. The first-order valence-corrected chi connectivity index (χ1v) is 14.7. The van der Waals surface area contributed by atoms with Crippen molar-refractivity contribution in [2.75, 3.05) is 20.1 Å². The summed E-state index contributed by atoms with van der Waals surface area (Å²) in [7, 11) is 1.88. The third kappa shape index (κ3) is 6.34. The number of nitrogens with zero attached hydrogens (tertiary/aromatic N) is 2. The van der Waals surface area contributed by atoms with Crippen molar-refractivity contribution in [3.05, 3.63) is 104 Å². The van der Waals surface area contributed by atoms with Gasteiger partial charge < -0.3 is 4.90 Å². The van der Waals surface area contributed by atoms with Crippen LogP contribution in [-0.4, -0.2) is 47.9 Å². The number of benzene rings is 3. The molecule has 0 aliphatic carbocycles. The third-order valence-electron chi connectivity index (χ3n) is 8.69. The first-order chi connectivity index (χ1) is 18.7. The minimum absolute atomic E-state index is 0.0256. The van der Waals surface area contributed by atoms with Crippen LogP contribution in [0.15, 0.2) is 60.7 Å². The maximum Gasteiger partial charge on any atom is 0.253 e. The Kier molecular flexibility index (Phi) is 8.66. The average Bonchev–Trinajstić information content (AvgIpc) is 3.13. The minimum Gasteiger partial charge on any atom is -0.341 e. The Morgan fingerprint density at radius 3 is 2.28 bits per heavy atom. The number of aryl methyl sites for hydroxylation is 2. The Hall–Kier alpha value is -2.40. The smallest absolute Gasteiger partial charge is 0.253 e. The summed E-state index contributed by atoms with van der Waals surface area (Å²) in [5.41, 5.74) is 4.85. The van der Waals surface area contributed by atoms with Crippen LogP contribution < -0.4 is 0 Å². The standard InChI is InChI=1S/C33H37Cl2FN2O/c1-21-14-22(2)16-26(15-21)33(39)37(3)20-24(23-8-11-30(34)31(35)19-23)12-13-38-27-9-10-28(38)18-25(17-27)29-6-4-5-7-32(29)36/h4-8,11,14-16,19,24-25,27-28H,9-10,12-13,17-18,20H2,1-3H3/t24?,25?,27-,28?/m0/s1. The highest BCUT2D eigenvalue weighted by molar-refractivity contribution is 6.42. The minimum atomic E-state index is -0.0773. The van der Waals surface area contributed by atoms with Crippen molar-refractivity contribution in [1.29, 1.82) is 0 Å². The first-order valence-electron chi connectivity index (χ1n) is 14.0. The van der Waals surface area contributed by atoms with Gasteiger partial charge in [0.25, 0.3) is 5.91 Å². The average molecular weight is 568 g/mol. The van der Waals surface area contributed by atoms with Crippen molar-refractivity contribution in [1.82, 2.24) is 9.80 Å². The van der Waals surface area contributed by atoms with E-state index >= 15 is 0 Å². The molecule has 3 unspecified atom stereocenters. The summed E-state index contributed by atoms with van der Waals surface area (Å²) in [6.07, 6.45) is 5.23. The molecule has 3 aromatic carbocycles. The molecule has 0 aromatic heterocycles. The molecule has 0 N–H and O–H groups in total. The topological polar surface area (TPSA) is 23.6 Å². The van der Waals surface area contributed by atoms with Gasteiger partial charge in [-0.25, -0.2) is 4.39 Å². The normalized spacial score (nSPS) is 21.6. The lowest BCUT2D eigenvalue weighted by Gasteiger charge is -2.40. The number of halogens is 3. The van der Waals surface area contributed by atoms with Crippen molar-refractivity contribution in [3.8, 4) is 0 Å². The molecule has 2 bridgehead atoms. The summed E-state index contributed by atoms with van der Waals surface area (Å²) in [5, 5.41) is 1.07. The van der Waals surface area contributed by atoms with Crippen LogP contribution in [0.5, 0.6) is 0 Å². The summed E-state index contributed by atoms with van der Waals surface area (Å²) in [4.78, 5) is 17.9. The van der Waals surface area contributed by atoms with E-state index in [1.165, 1.54) is 0 Å². The molecule has 39 heavy (non-hydrogen) atoms. The van der Waals surface area contributed by atoms with Gasteiger partial charge in [0, 0.05) is 37.2 Å². The maximum absolute atomic E-state index is 14.5. The molecule has 3 aromatic rings. The highest BCUT2D eigenvalue weighted by Crippen LogP contribution is 2.44. The fraction of sp³-hybridized carbons (Fsp3) is 0.424. The summed E-state index contributed by atoms with van der Waals surface area (Å²) < 4.78 is 14.5. The van der Waals surface area contributed by atoms with Crippen molar-refractivity contribution < 1.29 is 9.18 Å². The number of hydrogen-bond acceptors (Lipinski definition) is 2. The Morgan fingerprint density at radius 1 is 0.974 bits per heavy atom. The highest BCUT2D eigenvalue weighted by Gasteiger charge is 2.41. The van der Waals surface area contributed by atoms with Crippen molar-refractivity contribution >= 4 is 29.1 Å². The van der Waals surface area contributed by atoms with Crippen LogP contribution in [0.4, 0.5) is 4.39 Å². The van der Waals surface area contributed by atoms with Gasteiger partial charge in [-0.15, -0.1) is 0 Å². The van der Waals surface area contributed by atoms with E-state index < -0.39 is 0 Å². The molecule has 2 aliphatic rings. The predicted octanol–water partition coefficient (Wildman–Crippen LogP) is 8.41. The second kappa shape index (κ2) is 12.0. The molecule has 0 saturated carbocycles. The van der Waals surface area contributed by atoms with Crippen LogP contribution in [0.1, 0.15) is 76.6 Å². The second-order valence-electron chi connectivity index (χ2n) is 11.5. The van der Waals surface area contributed by atoms with E-state index in [1.54, 1.807) is 12.1 Å². The Labute approximate surface area is 241 Å². The molecule has 4 atom stereocenters. The zero-order chi connectivity index (χ0) is 27.7. The molecule has 206 valence electrons. The zero-order valence-corrected chi connectivity index (χ0v) is 24.5. The lowest BCUT2D eigenvalue weighted by atomic mass is 9.84. The monoisotopic (exact) mass is 566 g/mol. The Bertz CT molecular complexity index is 1310. The molecule has 2 heterocycles. The molecule has 6 heteroatoms. The van der Waals surface area contributed by atoms with Gasteiger partial charge in [-0.1, -0.05) is 64.7 Å². The molecule has 5 rings (SSSR count). The van der Waals surface area contributed by atoms with E-state index in [1.807, 2.05) is 68.3 Å². The molecule has 0 radical (unpaired) electrons. The molecule has 2 saturated heterocycles. The van der Waals surface area contributed by atoms with Crippen molar-refractivity contribution in [2.45, 2.75) is 69.9 Å². The predicted molar refractivity (Wildman–Crippen MR) is 159 cm³/mol. The van der Waals surface area contributed by atoms with Crippen LogP contribution >= 0.6 is 23.2 Å². The lowest BCUT2D eigenvalue weighted by Crippen LogP contribution is -2.43. The molecule has 2 aliphatic heterocycles. The van der Waals surface area contributed by atoms with E-state index in [0.29, 0.717) is 28.7 Å². The van der Waals surface area contributed by atoms with Crippen LogP contribution in [-0.2, 0) is 0 Å². The van der Waals surface area contributed by atoms with Crippen molar-refractivity contribution in [3.63, 3.8) is 0 Å². The van der Waals surface area contributed by atoms with Crippen LogP contribution in [0.3, 0.4) is 0 Å². The van der Waals surface area contributed by atoms with Crippen LogP contribution in [0.2, 0.25) is 10.0 Å². The van der Waals surface area contributed by atoms with Crippen LogP contribution in [0, 0.1) is 19.7 Å². The van der Waals surface area contributed by atoms with Gasteiger partial charge in [0.05, 0.1) is 10.0 Å². The van der Waals surface area contributed by atoms with Gasteiger partial charge in [-0.3, -0.25) is 9.69 Å². The number of hydrogen-bond donors (Lipinski definition) is 0. The van der Waals surface area contributed by atoms with E-state index in [2.05, 4.69) is 11.0 Å². The largest absolute Gasteiger partial charge is 0.341 e. The second-order valence-corrected chi connectivity index (χ2v) is 12.3. The number of likely N-dealkylation sites (N-methyl/N-ethyl adjacent to an activating group) is 1. The summed E-state index contributed by atoms with van der Waals surface area (Å²) in [6, 6.07) is 20.0. The SMILES string of the molecule is Cc1cc(C)cc(C(=O)N(C)CC(CCN2C3CC[C@H]2CC(c2ccccc2F)C3)c2ccc(Cl)c(Cl)c2)c1. The molecule has 3 nitrogen and oxygen atoms in total. The van der Waals surface area contributed by atoms with E-state index in [9.17, 15) is 9.18 Å². The zero-order valence-electron chi connectivity index (χ0n) is 23.0. The number of piperidine rings is 1. The fourth-order valence-electron chi connectivity index (χ4n) is 6.87. The van der Waals surface area contributed by atoms with Gasteiger partial charge in [0.1, 0.15) is 5.82 Å². The van der Waals surface area contributed by atoms with Crippen molar-refractivity contribution in [2.24, 2.45) is 0 Å². The Balaban J connectivity index is 1.31. The molecular weight excluding hydrogens is 530 g/mol. The van der Waals surface area contributed by atoms with E-state index in [4.69, 9.17) is 23.2 Å². The van der Waals surface area contributed by atoms with E-state index in [0.717, 1.165) is 66.5 Å². The molecular formula is C33H37Cl2FN2O. The summed E-state index contributed by atoms with van der Waals surface area (Å²) in [5.74, 6) is 0.347. The Morgan fingerprint density at radius 2 is 1.64 bits per heavy atom. The maximum atomic E-state index is 14.5. The van der Waals surface area contributed by atoms with Gasteiger partial charge >= 0.3 is 0 Å². The van der Waals surface area contributed by atoms with Gasteiger partial charge in [0.2, 0.25) is 0 Å². The first kappa shape index (κ1) is 28.1. The van der Waals surface area contributed by atoms with Crippen LogP contribution in [0.25, 0.3) is 0 Å². The molecule has 2 fully saturated rings. The van der Waals surface area contributed by atoms with Gasteiger partial charge in [-0.05, 0) is 99.9 Å². The summed E-state index contributed by atoms with van der Waals surface area (Å²) in [6.45, 7) is 5.57. The quantitative estimate of drug-likeness (QED) is 0.273. The van der Waals surface area contributed by atoms with E-state index in [-0.39, 0.29) is 23.6 Å². The highest BCUT2D eigenvalue weighted by atomic mass is 35.5. The third-order valence-corrected chi connectivity index (χ3v) is 9.43. The van der Waals surface area contributed by atoms with Gasteiger partial charge in [-0.2, -0.15) is 0 Å².